The van der Waals surface area contributed by atoms with Crippen LogP contribution in [0.25, 0.3) is 0 Å². The number of rotatable bonds is 5. The number of benzene rings is 1. The van der Waals surface area contributed by atoms with E-state index in [4.69, 9.17) is 16.3 Å². The van der Waals surface area contributed by atoms with E-state index in [0.717, 1.165) is 0 Å². The number of hydrogen-bond donors (Lipinski definition) is 2. The van der Waals surface area contributed by atoms with Gasteiger partial charge in [0.2, 0.25) is 0 Å². The van der Waals surface area contributed by atoms with Crippen molar-refractivity contribution in [1.82, 2.24) is 15.1 Å². The Morgan fingerprint density at radius 1 is 1.39 bits per heavy atom. The van der Waals surface area contributed by atoms with E-state index in [9.17, 15) is 22.4 Å². The third kappa shape index (κ3) is 4.07. The third-order valence-electron chi connectivity index (χ3n) is 4.37. The second-order valence-corrected chi connectivity index (χ2v) is 6.62. The molecule has 0 unspecified atom stereocenters. The summed E-state index contributed by atoms with van der Waals surface area (Å²) in [7, 11) is 1.45. The van der Waals surface area contributed by atoms with Crippen LogP contribution in [0.1, 0.15) is 34.6 Å². The molecule has 1 amide bonds. The number of nitrogens with one attached hydrogen (secondary N) is 2. The maximum absolute atomic E-state index is 13.7. The molecule has 0 bridgehead atoms. The van der Waals surface area contributed by atoms with Crippen molar-refractivity contribution in [3.63, 3.8) is 0 Å². The molecule has 1 aromatic carbocycles. The maximum atomic E-state index is 13.7. The minimum Gasteiger partial charge on any atom is -0.383 e. The Balaban J connectivity index is 1.96. The number of carbonyl (C=O) groups is 1. The van der Waals surface area contributed by atoms with Gasteiger partial charge in [0.25, 0.3) is 5.91 Å². The van der Waals surface area contributed by atoms with Crippen LogP contribution in [0.3, 0.4) is 0 Å². The number of ether oxygens (including phenoxy) is 1. The molecule has 0 fully saturated rings. The van der Waals surface area contributed by atoms with Gasteiger partial charge in [-0.25, -0.2) is 9.07 Å². The topological polar surface area (TPSA) is 68.2 Å². The SMILES string of the molecule is COCCNC(=O)c1nn2c(c1Cl)N[C@@H](c1ccc(F)cc1)C[C@@H]2C(F)(F)F. The van der Waals surface area contributed by atoms with Crippen molar-refractivity contribution >= 4 is 23.3 Å². The first-order valence-corrected chi connectivity index (χ1v) is 8.74. The predicted octanol–water partition coefficient (Wildman–Crippen LogP) is 3.71. The molecule has 3 rings (SSSR count). The van der Waals surface area contributed by atoms with Gasteiger partial charge in [-0.05, 0) is 17.7 Å². The number of aromatic nitrogens is 2. The van der Waals surface area contributed by atoms with Crippen LogP contribution in [0.5, 0.6) is 0 Å². The third-order valence-corrected chi connectivity index (χ3v) is 4.73. The van der Waals surface area contributed by atoms with Crippen molar-refractivity contribution in [2.24, 2.45) is 0 Å². The Kier molecular flexibility index (Phi) is 5.80. The standard InChI is InChI=1S/C17H17ClF4N4O2/c1-28-7-6-23-16(27)14-13(18)15-24-11(9-2-4-10(19)5-3-9)8-12(17(20,21)22)26(15)25-14/h2-5,11-12,24H,6-8H2,1H3,(H,23,27)/t11-,12-/m1/s1. The molecule has 6 nitrogen and oxygen atoms in total. The van der Waals surface area contributed by atoms with Crippen molar-refractivity contribution in [3.8, 4) is 0 Å². The first kappa shape index (κ1) is 20.4. The predicted molar refractivity (Wildman–Crippen MR) is 93.9 cm³/mol. The van der Waals surface area contributed by atoms with Gasteiger partial charge >= 0.3 is 6.18 Å². The monoisotopic (exact) mass is 420 g/mol. The zero-order valence-corrected chi connectivity index (χ0v) is 15.4. The van der Waals surface area contributed by atoms with Gasteiger partial charge in [-0.2, -0.15) is 18.3 Å². The summed E-state index contributed by atoms with van der Waals surface area (Å²) in [6.45, 7) is 0.384. The van der Waals surface area contributed by atoms with Crippen molar-refractivity contribution in [3.05, 3.63) is 46.4 Å². The zero-order chi connectivity index (χ0) is 20.5. The summed E-state index contributed by atoms with van der Waals surface area (Å²) < 4.78 is 59.6. The Hall–Kier alpha value is -2.33. The molecule has 2 heterocycles. The van der Waals surface area contributed by atoms with Gasteiger partial charge in [0.05, 0.1) is 12.6 Å². The molecule has 28 heavy (non-hydrogen) atoms. The fourth-order valence-corrected chi connectivity index (χ4v) is 3.26. The van der Waals surface area contributed by atoms with Crippen molar-refractivity contribution < 1.29 is 27.1 Å². The lowest BCUT2D eigenvalue weighted by molar-refractivity contribution is -0.173. The van der Waals surface area contributed by atoms with Gasteiger partial charge in [-0.1, -0.05) is 23.7 Å². The van der Waals surface area contributed by atoms with Crippen LogP contribution in [0.4, 0.5) is 23.4 Å². The average Bonchev–Trinajstić information content (AvgIpc) is 2.98. The minimum absolute atomic E-state index is 0.110. The molecule has 0 saturated carbocycles. The molecule has 2 aromatic rings. The van der Waals surface area contributed by atoms with Gasteiger partial charge < -0.3 is 15.4 Å². The van der Waals surface area contributed by atoms with E-state index in [1.54, 1.807) is 0 Å². The van der Waals surface area contributed by atoms with E-state index in [0.29, 0.717) is 10.2 Å². The Labute approximate surface area is 162 Å². The second kappa shape index (κ2) is 7.96. The summed E-state index contributed by atoms with van der Waals surface area (Å²) in [5.74, 6) is -1.31. The summed E-state index contributed by atoms with van der Waals surface area (Å²) in [4.78, 5) is 12.2. The number of fused-ring (bicyclic) bond motifs is 1. The average molecular weight is 421 g/mol. The van der Waals surface area contributed by atoms with E-state index in [1.807, 2.05) is 0 Å². The van der Waals surface area contributed by atoms with Crippen LogP contribution < -0.4 is 10.6 Å². The van der Waals surface area contributed by atoms with Gasteiger partial charge in [0.1, 0.15) is 16.7 Å². The molecular formula is C17H17ClF4N4O2. The van der Waals surface area contributed by atoms with Crippen LogP contribution in [-0.4, -0.2) is 42.1 Å². The first-order chi connectivity index (χ1) is 13.2. The fraction of sp³-hybridized carbons (Fsp3) is 0.412. The summed E-state index contributed by atoms with van der Waals surface area (Å²) in [6.07, 6.45) is -5.00. The lowest BCUT2D eigenvalue weighted by Crippen LogP contribution is -2.36. The number of methoxy groups -OCH3 is 1. The summed E-state index contributed by atoms with van der Waals surface area (Å²) in [5, 5.41) is 8.96. The van der Waals surface area contributed by atoms with Crippen LogP contribution in [0.15, 0.2) is 24.3 Å². The smallest absolute Gasteiger partial charge is 0.383 e. The number of halogens is 5. The molecule has 11 heteroatoms. The van der Waals surface area contributed by atoms with Crippen LogP contribution >= 0.6 is 11.6 Å². The van der Waals surface area contributed by atoms with Crippen molar-refractivity contribution in [1.29, 1.82) is 0 Å². The van der Waals surface area contributed by atoms with E-state index < -0.39 is 30.0 Å². The van der Waals surface area contributed by atoms with Crippen molar-refractivity contribution in [2.75, 3.05) is 25.6 Å². The second-order valence-electron chi connectivity index (χ2n) is 6.25. The van der Waals surface area contributed by atoms with Crippen LogP contribution in [0.2, 0.25) is 5.02 Å². The van der Waals surface area contributed by atoms with Crippen LogP contribution in [0, 0.1) is 5.82 Å². The van der Waals surface area contributed by atoms with E-state index >= 15 is 0 Å². The molecule has 0 aliphatic carbocycles. The van der Waals surface area contributed by atoms with E-state index in [-0.39, 0.29) is 36.1 Å². The number of alkyl halides is 3. The molecule has 0 radical (unpaired) electrons. The number of hydrogen-bond acceptors (Lipinski definition) is 4. The lowest BCUT2D eigenvalue weighted by atomic mass is 9.97. The molecule has 152 valence electrons. The molecule has 1 aliphatic heterocycles. The van der Waals surface area contributed by atoms with Gasteiger partial charge in [-0.3, -0.25) is 4.79 Å². The highest BCUT2D eigenvalue weighted by molar-refractivity contribution is 6.36. The largest absolute Gasteiger partial charge is 0.410 e. The van der Waals surface area contributed by atoms with Gasteiger partial charge in [0, 0.05) is 20.1 Å². The molecule has 0 saturated heterocycles. The highest BCUT2D eigenvalue weighted by atomic mass is 35.5. The molecule has 1 aromatic heterocycles. The van der Waals surface area contributed by atoms with Crippen LogP contribution in [-0.2, 0) is 4.74 Å². The molecule has 2 atom stereocenters. The highest BCUT2D eigenvalue weighted by Crippen LogP contribution is 2.46. The first-order valence-electron chi connectivity index (χ1n) is 8.36. The summed E-state index contributed by atoms with van der Waals surface area (Å²) >= 11 is 6.18. The fourth-order valence-electron chi connectivity index (χ4n) is 3.00. The number of anilines is 1. The highest BCUT2D eigenvalue weighted by Gasteiger charge is 2.47. The Bertz CT molecular complexity index is 854. The normalized spacial score (nSPS) is 19.1. The van der Waals surface area contributed by atoms with Gasteiger partial charge in [-0.15, -0.1) is 0 Å². The lowest BCUT2D eigenvalue weighted by Gasteiger charge is -2.33. The Morgan fingerprint density at radius 2 is 2.07 bits per heavy atom. The molecule has 0 spiro atoms. The van der Waals surface area contributed by atoms with Crippen molar-refractivity contribution in [2.45, 2.75) is 24.7 Å². The quantitative estimate of drug-likeness (QED) is 0.571. The minimum atomic E-state index is -4.62. The van der Waals surface area contributed by atoms with E-state index in [1.165, 1.54) is 31.4 Å². The summed E-state index contributed by atoms with van der Waals surface area (Å²) in [5.41, 5.74) is 0.152. The maximum Gasteiger partial charge on any atom is 0.410 e. The number of nitrogens with zero attached hydrogens (tertiary/aromatic N) is 2. The Morgan fingerprint density at radius 3 is 2.68 bits per heavy atom. The van der Waals surface area contributed by atoms with E-state index in [2.05, 4.69) is 15.7 Å². The summed E-state index contributed by atoms with van der Waals surface area (Å²) in [6, 6.07) is 2.37. The zero-order valence-electron chi connectivity index (χ0n) is 14.7. The van der Waals surface area contributed by atoms with Gasteiger partial charge in [0.15, 0.2) is 11.7 Å². The molecular weight excluding hydrogens is 404 g/mol. The number of carbonyl (C=O) groups excluding carboxylic acids is 1. The number of amides is 1. The molecule has 1 aliphatic rings. The molecule has 2 N–H and O–H groups in total.